The smallest absolute Gasteiger partial charge is 0.321 e. The fourth-order valence-electron chi connectivity index (χ4n) is 2.42. The van der Waals surface area contributed by atoms with E-state index in [0.717, 1.165) is 36.4 Å². The van der Waals surface area contributed by atoms with Crippen LogP contribution in [0.25, 0.3) is 0 Å². The van der Waals surface area contributed by atoms with Gasteiger partial charge in [0.2, 0.25) is 5.91 Å². The zero-order valence-electron chi connectivity index (χ0n) is 12.3. The van der Waals surface area contributed by atoms with Gasteiger partial charge in [0, 0.05) is 29.8 Å². The molecule has 2 N–H and O–H groups in total. The molecule has 114 valence electrons. The van der Waals surface area contributed by atoms with Crippen LogP contribution < -0.4 is 10.6 Å². The topological polar surface area (TPSA) is 74.3 Å². The molecule has 2 heterocycles. The maximum absolute atomic E-state index is 12.1. The summed E-state index contributed by atoms with van der Waals surface area (Å²) in [7, 11) is 0. The van der Waals surface area contributed by atoms with Gasteiger partial charge >= 0.3 is 6.03 Å². The van der Waals surface area contributed by atoms with E-state index < -0.39 is 0 Å². The Morgan fingerprint density at radius 2 is 2.14 bits per heavy atom. The number of carbonyl (C=O) groups excluding carboxylic acids is 2. The summed E-state index contributed by atoms with van der Waals surface area (Å²) in [6.07, 6.45) is 2.85. The number of rotatable bonds is 3. The van der Waals surface area contributed by atoms with Crippen LogP contribution in [0, 0.1) is 5.92 Å². The highest BCUT2D eigenvalue weighted by atomic mass is 32.1. The predicted molar refractivity (Wildman–Crippen MR) is 81.2 cm³/mol. The maximum Gasteiger partial charge on any atom is 0.321 e. The first-order valence-corrected chi connectivity index (χ1v) is 8.19. The fraction of sp³-hybridized carbons (Fsp3) is 0.643. The molecule has 1 aromatic rings. The molecular weight excluding hydrogens is 288 g/mol. The first kappa shape index (κ1) is 14.3. The first-order chi connectivity index (χ1) is 10.0. The van der Waals surface area contributed by atoms with Gasteiger partial charge in [-0.15, -0.1) is 0 Å². The summed E-state index contributed by atoms with van der Waals surface area (Å²) < 4.78 is 0. The second-order valence-electron chi connectivity index (χ2n) is 5.93. The number of hydrogen-bond acceptors (Lipinski definition) is 4. The lowest BCUT2D eigenvalue weighted by Crippen LogP contribution is -2.36. The fourth-order valence-corrected chi connectivity index (χ4v) is 3.44. The van der Waals surface area contributed by atoms with Gasteiger partial charge in [-0.3, -0.25) is 10.1 Å². The molecular formula is C14H20N4O2S. The number of thiazole rings is 1. The predicted octanol–water partition coefficient (Wildman–Crippen LogP) is 1.97. The molecule has 0 atom stereocenters. The Hall–Kier alpha value is -1.63. The minimum atomic E-state index is -0.234. The normalized spacial score (nSPS) is 17.6. The summed E-state index contributed by atoms with van der Waals surface area (Å²) in [5, 5.41) is 6.15. The molecule has 0 bridgehead atoms. The lowest BCUT2D eigenvalue weighted by atomic mass is 10.1. The Labute approximate surface area is 127 Å². The molecule has 1 fully saturated rings. The summed E-state index contributed by atoms with van der Waals surface area (Å²) in [5.41, 5.74) is 1.01. The Morgan fingerprint density at radius 1 is 1.38 bits per heavy atom. The van der Waals surface area contributed by atoms with Gasteiger partial charge in [-0.25, -0.2) is 9.78 Å². The van der Waals surface area contributed by atoms with Crippen molar-refractivity contribution in [1.29, 1.82) is 0 Å². The lowest BCUT2D eigenvalue weighted by molar-refractivity contribution is -0.133. The zero-order valence-corrected chi connectivity index (χ0v) is 13.1. The Bertz CT molecular complexity index is 565. The highest BCUT2D eigenvalue weighted by molar-refractivity contribution is 7.15. The van der Waals surface area contributed by atoms with Crippen molar-refractivity contribution in [2.45, 2.75) is 45.7 Å². The highest BCUT2D eigenvalue weighted by Crippen LogP contribution is 2.34. The molecule has 0 radical (unpaired) electrons. The number of carbonyl (C=O) groups is 2. The summed E-state index contributed by atoms with van der Waals surface area (Å²) in [6, 6.07) is -0.145. The first-order valence-electron chi connectivity index (χ1n) is 7.38. The highest BCUT2D eigenvalue weighted by Gasteiger charge is 2.35. The Kier molecular flexibility index (Phi) is 3.84. The van der Waals surface area contributed by atoms with Crippen molar-refractivity contribution < 1.29 is 9.59 Å². The van der Waals surface area contributed by atoms with E-state index in [1.807, 2.05) is 18.7 Å². The second-order valence-corrected chi connectivity index (χ2v) is 7.01. The second kappa shape index (κ2) is 5.63. The van der Waals surface area contributed by atoms with Crippen LogP contribution in [0.2, 0.25) is 0 Å². The van der Waals surface area contributed by atoms with Gasteiger partial charge in [0.05, 0.1) is 12.2 Å². The van der Waals surface area contributed by atoms with E-state index in [0.29, 0.717) is 11.7 Å². The average Bonchev–Trinajstić information content (AvgIpc) is 3.17. The molecule has 7 heteroatoms. The molecule has 2 aliphatic rings. The number of fused-ring (bicyclic) bond motifs is 1. The van der Waals surface area contributed by atoms with Crippen molar-refractivity contribution in [2.24, 2.45) is 5.92 Å². The van der Waals surface area contributed by atoms with Crippen LogP contribution in [0.3, 0.4) is 0 Å². The van der Waals surface area contributed by atoms with E-state index in [-0.39, 0.29) is 23.9 Å². The molecule has 0 unspecified atom stereocenters. The van der Waals surface area contributed by atoms with E-state index in [4.69, 9.17) is 0 Å². The van der Waals surface area contributed by atoms with Crippen molar-refractivity contribution in [2.75, 3.05) is 11.9 Å². The van der Waals surface area contributed by atoms with Crippen LogP contribution in [0.1, 0.15) is 37.3 Å². The third kappa shape index (κ3) is 3.34. The van der Waals surface area contributed by atoms with E-state index in [1.165, 1.54) is 11.3 Å². The quantitative estimate of drug-likeness (QED) is 0.896. The van der Waals surface area contributed by atoms with Gasteiger partial charge in [-0.05, 0) is 26.7 Å². The minimum Gasteiger partial charge on any atom is -0.337 e. The van der Waals surface area contributed by atoms with Gasteiger partial charge in [-0.2, -0.15) is 0 Å². The zero-order chi connectivity index (χ0) is 15.0. The van der Waals surface area contributed by atoms with Crippen molar-refractivity contribution in [3.63, 3.8) is 0 Å². The van der Waals surface area contributed by atoms with Crippen molar-refractivity contribution >= 4 is 28.4 Å². The van der Waals surface area contributed by atoms with Gasteiger partial charge in [0.15, 0.2) is 5.13 Å². The number of anilines is 1. The molecule has 1 aliphatic heterocycles. The summed E-state index contributed by atoms with van der Waals surface area (Å²) in [6.45, 7) is 5.20. The van der Waals surface area contributed by atoms with Gasteiger partial charge < -0.3 is 10.2 Å². The average molecular weight is 308 g/mol. The Morgan fingerprint density at radius 3 is 2.81 bits per heavy atom. The molecule has 0 saturated heterocycles. The van der Waals surface area contributed by atoms with Gasteiger partial charge in [-0.1, -0.05) is 11.3 Å². The third-order valence-corrected chi connectivity index (χ3v) is 4.61. The van der Waals surface area contributed by atoms with Crippen LogP contribution >= 0.6 is 11.3 Å². The molecule has 1 saturated carbocycles. The SMILES string of the molecule is CC(C)NC(=O)Nc1nc2c(s1)CN(C(=O)C1CC1)CC2. The molecule has 3 rings (SSSR count). The van der Waals surface area contributed by atoms with Gasteiger partial charge in [0.1, 0.15) is 0 Å². The molecule has 1 aliphatic carbocycles. The minimum absolute atomic E-state index is 0.0891. The molecule has 0 aromatic carbocycles. The summed E-state index contributed by atoms with van der Waals surface area (Å²) >= 11 is 1.47. The monoisotopic (exact) mass is 308 g/mol. The van der Waals surface area contributed by atoms with E-state index >= 15 is 0 Å². The molecule has 1 aromatic heterocycles. The molecule has 0 spiro atoms. The number of amides is 3. The molecule has 6 nitrogen and oxygen atoms in total. The number of urea groups is 1. The van der Waals surface area contributed by atoms with Crippen LogP contribution in [0.5, 0.6) is 0 Å². The summed E-state index contributed by atoms with van der Waals surface area (Å²) in [5.74, 6) is 0.537. The number of nitrogens with one attached hydrogen (secondary N) is 2. The van der Waals surface area contributed by atoms with Crippen molar-refractivity contribution in [3.05, 3.63) is 10.6 Å². The van der Waals surface area contributed by atoms with Crippen molar-refractivity contribution in [1.82, 2.24) is 15.2 Å². The van der Waals surface area contributed by atoms with E-state index in [2.05, 4.69) is 15.6 Å². The maximum atomic E-state index is 12.1. The third-order valence-electron chi connectivity index (χ3n) is 3.61. The number of aromatic nitrogens is 1. The van der Waals surface area contributed by atoms with Crippen molar-refractivity contribution in [3.8, 4) is 0 Å². The number of hydrogen-bond donors (Lipinski definition) is 2. The standard InChI is InChI=1S/C14H20N4O2S/c1-8(2)15-13(20)17-14-16-10-5-6-18(7-11(10)21-14)12(19)9-3-4-9/h8-9H,3-7H2,1-2H3,(H2,15,16,17,20). The van der Waals surface area contributed by atoms with E-state index in [9.17, 15) is 9.59 Å². The van der Waals surface area contributed by atoms with Crippen LogP contribution in [0.4, 0.5) is 9.93 Å². The van der Waals surface area contributed by atoms with E-state index in [1.54, 1.807) is 0 Å². The molecule has 3 amide bonds. The Balaban J connectivity index is 1.63. The van der Waals surface area contributed by atoms with Crippen LogP contribution in [-0.2, 0) is 17.8 Å². The van der Waals surface area contributed by atoms with Crippen LogP contribution in [-0.4, -0.2) is 34.4 Å². The summed E-state index contributed by atoms with van der Waals surface area (Å²) in [4.78, 5) is 31.3. The van der Waals surface area contributed by atoms with Crippen LogP contribution in [0.15, 0.2) is 0 Å². The number of nitrogens with zero attached hydrogens (tertiary/aromatic N) is 2. The molecule has 21 heavy (non-hydrogen) atoms. The van der Waals surface area contributed by atoms with Gasteiger partial charge in [0.25, 0.3) is 0 Å². The largest absolute Gasteiger partial charge is 0.337 e. The lowest BCUT2D eigenvalue weighted by Gasteiger charge is -2.26.